The Morgan fingerprint density at radius 3 is 2.55 bits per heavy atom. The van der Waals surface area contributed by atoms with Gasteiger partial charge in [-0.3, -0.25) is 0 Å². The Balaban J connectivity index is 2.34. The largest absolute Gasteiger partial charge is 0.468 e. The minimum absolute atomic E-state index is 0.261. The van der Waals surface area contributed by atoms with Crippen molar-refractivity contribution in [1.82, 2.24) is 5.32 Å². The predicted molar refractivity (Wildman–Crippen MR) is 79.5 cm³/mol. The smallest absolute Gasteiger partial charge is 0.327 e. The quantitative estimate of drug-likeness (QED) is 0.528. The van der Waals surface area contributed by atoms with Gasteiger partial charge in [-0.25, -0.2) is 4.79 Å². The summed E-state index contributed by atoms with van der Waals surface area (Å²) in [6.07, 6.45) is 3.13. The zero-order valence-electron chi connectivity index (χ0n) is 12.4. The summed E-state index contributed by atoms with van der Waals surface area (Å²) in [4.78, 5) is 11.8. The van der Waals surface area contributed by atoms with Gasteiger partial charge in [-0.2, -0.15) is 0 Å². The maximum atomic E-state index is 11.8. The van der Waals surface area contributed by atoms with Crippen LogP contribution in [0.5, 0.6) is 0 Å². The SMILES string of the molecule is CCCCOCCCNC(C(=O)OC)c1ccccc1. The van der Waals surface area contributed by atoms with Crippen LogP contribution < -0.4 is 5.32 Å². The van der Waals surface area contributed by atoms with Crippen molar-refractivity contribution in [2.45, 2.75) is 32.2 Å². The van der Waals surface area contributed by atoms with Gasteiger partial charge in [0.1, 0.15) is 6.04 Å². The van der Waals surface area contributed by atoms with Crippen LogP contribution in [0.3, 0.4) is 0 Å². The fourth-order valence-electron chi connectivity index (χ4n) is 1.87. The van der Waals surface area contributed by atoms with Crippen LogP contribution in [0.1, 0.15) is 37.8 Å². The minimum atomic E-state index is -0.406. The van der Waals surface area contributed by atoms with Crippen molar-refractivity contribution in [2.24, 2.45) is 0 Å². The molecule has 4 nitrogen and oxygen atoms in total. The average molecular weight is 279 g/mol. The summed E-state index contributed by atoms with van der Waals surface area (Å²) < 4.78 is 10.3. The first-order chi connectivity index (χ1) is 9.79. The van der Waals surface area contributed by atoms with Crippen LogP contribution in [0.15, 0.2) is 30.3 Å². The van der Waals surface area contributed by atoms with E-state index >= 15 is 0 Å². The van der Waals surface area contributed by atoms with Crippen LogP contribution in [0.2, 0.25) is 0 Å². The summed E-state index contributed by atoms with van der Waals surface area (Å²) in [5.41, 5.74) is 0.922. The van der Waals surface area contributed by atoms with Crippen LogP contribution in [-0.4, -0.2) is 32.8 Å². The minimum Gasteiger partial charge on any atom is -0.468 e. The van der Waals surface area contributed by atoms with E-state index < -0.39 is 6.04 Å². The lowest BCUT2D eigenvalue weighted by Gasteiger charge is -2.16. The molecule has 0 saturated carbocycles. The Bertz CT molecular complexity index is 367. The maximum Gasteiger partial charge on any atom is 0.327 e. The molecule has 1 aromatic rings. The van der Waals surface area contributed by atoms with Gasteiger partial charge in [-0.1, -0.05) is 43.7 Å². The van der Waals surface area contributed by atoms with Crippen LogP contribution in [0.25, 0.3) is 0 Å². The lowest BCUT2D eigenvalue weighted by Crippen LogP contribution is -2.30. The first-order valence-electron chi connectivity index (χ1n) is 7.23. The molecule has 0 radical (unpaired) electrons. The van der Waals surface area contributed by atoms with Crippen LogP contribution in [0.4, 0.5) is 0 Å². The standard InChI is InChI=1S/C16H25NO3/c1-3-4-12-20-13-8-11-17-15(16(18)19-2)14-9-6-5-7-10-14/h5-7,9-10,15,17H,3-4,8,11-13H2,1-2H3. The summed E-state index contributed by atoms with van der Waals surface area (Å²) in [5, 5.41) is 3.22. The molecule has 0 aromatic heterocycles. The maximum absolute atomic E-state index is 11.8. The Hall–Kier alpha value is -1.39. The fraction of sp³-hybridized carbons (Fsp3) is 0.562. The van der Waals surface area contributed by atoms with Gasteiger partial charge in [0.2, 0.25) is 0 Å². The molecule has 20 heavy (non-hydrogen) atoms. The lowest BCUT2D eigenvalue weighted by molar-refractivity contribution is -0.143. The second-order valence-electron chi connectivity index (χ2n) is 4.64. The summed E-state index contributed by atoms with van der Waals surface area (Å²) >= 11 is 0. The normalized spacial score (nSPS) is 12.1. The molecule has 1 unspecified atom stereocenters. The van der Waals surface area contributed by atoms with Crippen molar-refractivity contribution in [2.75, 3.05) is 26.9 Å². The molecule has 0 amide bonds. The third kappa shape index (κ3) is 6.17. The van der Waals surface area contributed by atoms with E-state index in [1.54, 1.807) is 0 Å². The summed E-state index contributed by atoms with van der Waals surface area (Å²) in [5.74, 6) is -0.261. The average Bonchev–Trinajstić information content (AvgIpc) is 2.50. The summed E-state index contributed by atoms with van der Waals surface area (Å²) in [7, 11) is 1.41. The third-order valence-electron chi connectivity index (χ3n) is 3.03. The number of ether oxygens (including phenoxy) is 2. The number of carbonyl (C=O) groups is 1. The highest BCUT2D eigenvalue weighted by molar-refractivity contribution is 5.77. The second-order valence-corrected chi connectivity index (χ2v) is 4.64. The Labute approximate surface area is 121 Å². The number of unbranched alkanes of at least 4 members (excludes halogenated alkanes) is 1. The first-order valence-corrected chi connectivity index (χ1v) is 7.23. The molecule has 0 heterocycles. The van der Waals surface area contributed by atoms with Gasteiger partial charge in [0.15, 0.2) is 0 Å². The molecule has 0 bridgehead atoms. The molecule has 0 spiro atoms. The number of benzene rings is 1. The molecule has 0 aliphatic carbocycles. The van der Waals surface area contributed by atoms with Gasteiger partial charge in [-0.05, 0) is 24.9 Å². The number of rotatable bonds is 10. The Morgan fingerprint density at radius 1 is 1.20 bits per heavy atom. The van der Waals surface area contributed by atoms with Gasteiger partial charge >= 0.3 is 5.97 Å². The molecule has 1 aromatic carbocycles. The highest BCUT2D eigenvalue weighted by Gasteiger charge is 2.19. The van der Waals surface area contributed by atoms with Crippen molar-refractivity contribution >= 4 is 5.97 Å². The summed E-state index contributed by atoms with van der Waals surface area (Å²) in [6.45, 7) is 4.40. The molecule has 1 rings (SSSR count). The Morgan fingerprint density at radius 2 is 1.90 bits per heavy atom. The number of methoxy groups -OCH3 is 1. The molecular formula is C16H25NO3. The van der Waals surface area contributed by atoms with Gasteiger partial charge in [0.25, 0.3) is 0 Å². The predicted octanol–water partition coefficient (Wildman–Crippen LogP) is 2.70. The van der Waals surface area contributed by atoms with Crippen molar-refractivity contribution in [3.8, 4) is 0 Å². The van der Waals surface area contributed by atoms with Crippen molar-refractivity contribution in [1.29, 1.82) is 0 Å². The van der Waals surface area contributed by atoms with E-state index in [1.165, 1.54) is 7.11 Å². The van der Waals surface area contributed by atoms with Gasteiger partial charge in [0.05, 0.1) is 7.11 Å². The van der Waals surface area contributed by atoms with Crippen LogP contribution >= 0.6 is 0 Å². The van der Waals surface area contributed by atoms with E-state index in [-0.39, 0.29) is 5.97 Å². The molecule has 4 heteroatoms. The highest BCUT2D eigenvalue weighted by Crippen LogP contribution is 2.13. The van der Waals surface area contributed by atoms with E-state index in [2.05, 4.69) is 12.2 Å². The molecule has 112 valence electrons. The third-order valence-corrected chi connectivity index (χ3v) is 3.03. The van der Waals surface area contributed by atoms with Gasteiger partial charge in [-0.15, -0.1) is 0 Å². The van der Waals surface area contributed by atoms with Crippen molar-refractivity contribution in [3.05, 3.63) is 35.9 Å². The second kappa shape index (κ2) is 10.4. The molecule has 0 aliphatic rings. The van der Waals surface area contributed by atoms with E-state index in [1.807, 2.05) is 30.3 Å². The summed E-state index contributed by atoms with van der Waals surface area (Å²) in [6, 6.07) is 9.21. The van der Waals surface area contributed by atoms with Crippen molar-refractivity contribution in [3.63, 3.8) is 0 Å². The number of nitrogens with one attached hydrogen (secondary N) is 1. The number of esters is 1. The van der Waals surface area contributed by atoms with E-state index in [0.717, 1.165) is 44.6 Å². The molecule has 1 atom stereocenters. The monoisotopic (exact) mass is 279 g/mol. The molecule has 0 fully saturated rings. The van der Waals surface area contributed by atoms with Crippen LogP contribution in [-0.2, 0) is 14.3 Å². The van der Waals surface area contributed by atoms with Crippen molar-refractivity contribution < 1.29 is 14.3 Å². The molecular weight excluding hydrogens is 254 g/mol. The van der Waals surface area contributed by atoms with Crippen LogP contribution in [0, 0.1) is 0 Å². The zero-order chi connectivity index (χ0) is 14.6. The number of carbonyl (C=O) groups excluding carboxylic acids is 1. The Kier molecular flexibility index (Phi) is 8.67. The zero-order valence-corrected chi connectivity index (χ0v) is 12.4. The van der Waals surface area contributed by atoms with E-state index in [9.17, 15) is 4.79 Å². The molecule has 0 aliphatic heterocycles. The fourth-order valence-corrected chi connectivity index (χ4v) is 1.87. The highest BCUT2D eigenvalue weighted by atomic mass is 16.5. The molecule has 0 saturated heterocycles. The molecule has 1 N–H and O–H groups in total. The number of hydrogen-bond donors (Lipinski definition) is 1. The van der Waals surface area contributed by atoms with E-state index in [4.69, 9.17) is 9.47 Å². The van der Waals surface area contributed by atoms with Gasteiger partial charge in [0, 0.05) is 13.2 Å². The number of hydrogen-bond acceptors (Lipinski definition) is 4. The van der Waals surface area contributed by atoms with Gasteiger partial charge < -0.3 is 14.8 Å². The topological polar surface area (TPSA) is 47.6 Å². The first kappa shape index (κ1) is 16.7. The van der Waals surface area contributed by atoms with E-state index in [0.29, 0.717) is 0 Å². The lowest BCUT2D eigenvalue weighted by atomic mass is 10.1.